The average Bonchev–Trinajstić information content (AvgIpc) is 2.38. The first-order chi connectivity index (χ1) is 9.04. The zero-order valence-corrected chi connectivity index (χ0v) is 11.8. The molecule has 0 aliphatic carbocycles. The molecule has 0 atom stereocenters. The highest BCUT2D eigenvalue weighted by molar-refractivity contribution is 5.77. The molecular weight excluding hydrogens is 244 g/mol. The molecule has 1 aromatic rings. The van der Waals surface area contributed by atoms with Crippen molar-refractivity contribution in [3.05, 3.63) is 12.3 Å². The Morgan fingerprint density at radius 2 is 2.16 bits per heavy atom. The van der Waals surface area contributed by atoms with Gasteiger partial charge in [0.1, 0.15) is 5.82 Å². The molecule has 7 heteroatoms. The molecular formula is C12H22N6O. The summed E-state index contributed by atoms with van der Waals surface area (Å²) in [5.74, 6) is 1.64. The predicted octanol–water partition coefficient (Wildman–Crippen LogP) is 0.321. The van der Waals surface area contributed by atoms with Gasteiger partial charge in [0, 0.05) is 46.9 Å². The van der Waals surface area contributed by atoms with Crippen LogP contribution in [0.15, 0.2) is 12.3 Å². The van der Waals surface area contributed by atoms with Crippen molar-refractivity contribution in [3.8, 4) is 0 Å². The van der Waals surface area contributed by atoms with E-state index < -0.39 is 0 Å². The first kappa shape index (κ1) is 15.2. The molecule has 1 aromatic heterocycles. The van der Waals surface area contributed by atoms with Gasteiger partial charge in [-0.3, -0.25) is 5.41 Å². The number of anilines is 2. The van der Waals surface area contributed by atoms with Gasteiger partial charge in [0.25, 0.3) is 0 Å². The quantitative estimate of drug-likeness (QED) is 0.520. The summed E-state index contributed by atoms with van der Waals surface area (Å²) in [7, 11) is 5.46. The number of ether oxygens (including phenoxy) is 1. The van der Waals surface area contributed by atoms with E-state index >= 15 is 0 Å². The van der Waals surface area contributed by atoms with Crippen molar-refractivity contribution in [3.63, 3.8) is 0 Å². The molecule has 0 aliphatic rings. The van der Waals surface area contributed by atoms with Gasteiger partial charge in [-0.1, -0.05) is 0 Å². The molecule has 0 radical (unpaired) electrons. The minimum absolute atomic E-state index is 0.171. The lowest BCUT2D eigenvalue weighted by molar-refractivity contribution is 0.205. The largest absolute Gasteiger partial charge is 0.388 e. The SMILES string of the molecule is COCCN(CCC(=N)N)c1ccnc(N(C)C)n1. The number of hydrogen-bond acceptors (Lipinski definition) is 6. The van der Waals surface area contributed by atoms with Crippen LogP contribution in [0.2, 0.25) is 0 Å². The molecule has 7 nitrogen and oxygen atoms in total. The lowest BCUT2D eigenvalue weighted by atomic mass is 10.3. The van der Waals surface area contributed by atoms with Crippen LogP contribution in [0, 0.1) is 5.41 Å². The molecule has 1 heterocycles. The fourth-order valence-electron chi connectivity index (χ4n) is 1.53. The number of nitrogens with two attached hydrogens (primary N) is 1. The van der Waals surface area contributed by atoms with E-state index in [4.69, 9.17) is 15.9 Å². The lowest BCUT2D eigenvalue weighted by Crippen LogP contribution is -2.32. The molecule has 3 N–H and O–H groups in total. The van der Waals surface area contributed by atoms with Crippen LogP contribution in [0.25, 0.3) is 0 Å². The second kappa shape index (κ2) is 7.52. The molecule has 0 fully saturated rings. The van der Waals surface area contributed by atoms with Gasteiger partial charge in [0.15, 0.2) is 0 Å². The van der Waals surface area contributed by atoms with E-state index in [0.717, 1.165) is 5.82 Å². The summed E-state index contributed by atoms with van der Waals surface area (Å²) in [6, 6.07) is 1.85. The average molecular weight is 266 g/mol. The highest BCUT2D eigenvalue weighted by Gasteiger charge is 2.10. The number of nitrogens with zero attached hydrogens (tertiary/aromatic N) is 4. The molecule has 0 saturated carbocycles. The summed E-state index contributed by atoms with van der Waals surface area (Å²) in [6.07, 6.45) is 2.23. The van der Waals surface area contributed by atoms with E-state index in [2.05, 4.69) is 9.97 Å². The van der Waals surface area contributed by atoms with Crippen LogP contribution in [-0.4, -0.2) is 56.7 Å². The van der Waals surface area contributed by atoms with Crippen molar-refractivity contribution in [2.45, 2.75) is 6.42 Å². The van der Waals surface area contributed by atoms with Crippen LogP contribution >= 0.6 is 0 Å². The van der Waals surface area contributed by atoms with Crippen molar-refractivity contribution in [2.75, 3.05) is 50.7 Å². The number of rotatable bonds is 8. The molecule has 0 bridgehead atoms. The van der Waals surface area contributed by atoms with Crippen molar-refractivity contribution >= 4 is 17.6 Å². The van der Waals surface area contributed by atoms with E-state index in [9.17, 15) is 0 Å². The maximum atomic E-state index is 7.32. The molecule has 0 aliphatic heterocycles. The number of aromatic nitrogens is 2. The van der Waals surface area contributed by atoms with E-state index in [0.29, 0.717) is 32.1 Å². The first-order valence-electron chi connectivity index (χ1n) is 6.11. The minimum Gasteiger partial charge on any atom is -0.388 e. The van der Waals surface area contributed by atoms with Gasteiger partial charge in [0.05, 0.1) is 12.4 Å². The maximum absolute atomic E-state index is 7.32. The van der Waals surface area contributed by atoms with Crippen LogP contribution in [0.5, 0.6) is 0 Å². The Labute approximate surface area is 113 Å². The monoisotopic (exact) mass is 266 g/mol. The third-order valence-corrected chi connectivity index (χ3v) is 2.57. The van der Waals surface area contributed by atoms with E-state index in [1.165, 1.54) is 0 Å². The van der Waals surface area contributed by atoms with Gasteiger partial charge < -0.3 is 20.3 Å². The molecule has 106 valence electrons. The van der Waals surface area contributed by atoms with Crippen LogP contribution < -0.4 is 15.5 Å². The van der Waals surface area contributed by atoms with Crippen molar-refractivity contribution in [2.24, 2.45) is 5.73 Å². The van der Waals surface area contributed by atoms with Gasteiger partial charge in [-0.2, -0.15) is 4.98 Å². The Bertz CT molecular complexity index is 409. The molecule has 1 rings (SSSR count). The van der Waals surface area contributed by atoms with Gasteiger partial charge in [-0.15, -0.1) is 0 Å². The van der Waals surface area contributed by atoms with Crippen molar-refractivity contribution < 1.29 is 4.74 Å². The second-order valence-electron chi connectivity index (χ2n) is 4.36. The summed E-state index contributed by atoms with van der Waals surface area (Å²) >= 11 is 0. The summed E-state index contributed by atoms with van der Waals surface area (Å²) in [5.41, 5.74) is 5.41. The Balaban J connectivity index is 2.82. The fraction of sp³-hybridized carbons (Fsp3) is 0.583. The molecule has 0 saturated heterocycles. The summed E-state index contributed by atoms with van der Waals surface area (Å²) in [4.78, 5) is 12.6. The van der Waals surface area contributed by atoms with Crippen molar-refractivity contribution in [1.29, 1.82) is 5.41 Å². The molecule has 0 amide bonds. The topological polar surface area (TPSA) is 91.4 Å². The zero-order valence-electron chi connectivity index (χ0n) is 11.8. The molecule has 19 heavy (non-hydrogen) atoms. The summed E-state index contributed by atoms with van der Waals surface area (Å²) in [6.45, 7) is 1.94. The van der Waals surface area contributed by atoms with Gasteiger partial charge in [-0.25, -0.2) is 4.98 Å². The first-order valence-corrected chi connectivity index (χ1v) is 6.11. The number of amidine groups is 1. The lowest BCUT2D eigenvalue weighted by Gasteiger charge is -2.24. The summed E-state index contributed by atoms with van der Waals surface area (Å²) in [5, 5.41) is 7.32. The Kier molecular flexibility index (Phi) is 6.01. The third kappa shape index (κ3) is 5.09. The summed E-state index contributed by atoms with van der Waals surface area (Å²) < 4.78 is 5.10. The van der Waals surface area contributed by atoms with Crippen molar-refractivity contribution in [1.82, 2.24) is 9.97 Å². The Hall–Kier alpha value is -1.89. The highest BCUT2D eigenvalue weighted by atomic mass is 16.5. The fourth-order valence-corrected chi connectivity index (χ4v) is 1.53. The van der Waals surface area contributed by atoms with Crippen LogP contribution in [0.4, 0.5) is 11.8 Å². The third-order valence-electron chi connectivity index (χ3n) is 2.57. The van der Waals surface area contributed by atoms with Gasteiger partial charge in [-0.05, 0) is 6.07 Å². The van der Waals surface area contributed by atoms with Gasteiger partial charge in [0.2, 0.25) is 5.95 Å². The van der Waals surface area contributed by atoms with E-state index in [1.807, 2.05) is 30.0 Å². The van der Waals surface area contributed by atoms with E-state index in [1.54, 1.807) is 13.3 Å². The molecule has 0 unspecified atom stereocenters. The standard InChI is InChI=1S/C12H22N6O/c1-17(2)12-15-6-4-11(16-12)18(8-9-19-3)7-5-10(13)14/h4,6H,5,7-9H2,1-3H3,(H3,13,14). The highest BCUT2D eigenvalue weighted by Crippen LogP contribution is 2.13. The number of nitrogens with one attached hydrogen (secondary N) is 1. The van der Waals surface area contributed by atoms with Crippen LogP contribution in [0.1, 0.15) is 6.42 Å². The van der Waals surface area contributed by atoms with Crippen LogP contribution in [0.3, 0.4) is 0 Å². The Morgan fingerprint density at radius 3 is 2.74 bits per heavy atom. The number of hydrogen-bond donors (Lipinski definition) is 2. The zero-order chi connectivity index (χ0) is 14.3. The normalized spacial score (nSPS) is 10.3. The van der Waals surface area contributed by atoms with Crippen LogP contribution in [-0.2, 0) is 4.74 Å². The second-order valence-corrected chi connectivity index (χ2v) is 4.36. The number of methoxy groups -OCH3 is 1. The molecule has 0 spiro atoms. The molecule has 0 aromatic carbocycles. The predicted molar refractivity (Wildman–Crippen MR) is 77.0 cm³/mol. The smallest absolute Gasteiger partial charge is 0.226 e. The minimum atomic E-state index is 0.171. The Morgan fingerprint density at radius 1 is 1.42 bits per heavy atom. The maximum Gasteiger partial charge on any atom is 0.226 e. The van der Waals surface area contributed by atoms with Gasteiger partial charge >= 0.3 is 0 Å². The van der Waals surface area contributed by atoms with E-state index in [-0.39, 0.29) is 5.84 Å².